The molecule has 4 aliphatic rings. The molecule has 0 radical (unpaired) electrons. The normalized spacial score (nSPS) is 31.3. The second kappa shape index (κ2) is 14.0. The van der Waals surface area contributed by atoms with Gasteiger partial charge in [-0.2, -0.15) is 0 Å². The molecule has 4 aliphatic heterocycles. The number of ether oxygens (including phenoxy) is 3. The lowest BCUT2D eigenvalue weighted by molar-refractivity contribution is -0.162. The van der Waals surface area contributed by atoms with E-state index in [1.165, 1.54) is 0 Å². The Kier molecular flexibility index (Phi) is 10.9. The van der Waals surface area contributed by atoms with Crippen molar-refractivity contribution < 1.29 is 33.7 Å². The highest BCUT2D eigenvalue weighted by atomic mass is 16.6. The van der Waals surface area contributed by atoms with E-state index in [4.69, 9.17) is 14.2 Å². The highest BCUT2D eigenvalue weighted by molar-refractivity contribution is 5.98. The van der Waals surface area contributed by atoms with Crippen molar-refractivity contribution in [2.24, 2.45) is 17.8 Å². The lowest BCUT2D eigenvalue weighted by atomic mass is 9.66. The van der Waals surface area contributed by atoms with E-state index >= 15 is 0 Å². The van der Waals surface area contributed by atoms with Crippen LogP contribution in [-0.2, 0) is 28.6 Å². The van der Waals surface area contributed by atoms with Crippen molar-refractivity contribution in [2.75, 3.05) is 59.2 Å². The van der Waals surface area contributed by atoms with Crippen LogP contribution in [0.4, 0.5) is 0 Å². The molecule has 10 nitrogen and oxygen atoms in total. The number of unbranched alkanes of at least 4 members (excludes halogenated alkanes) is 2. The first-order valence-electron chi connectivity index (χ1n) is 15.7. The summed E-state index contributed by atoms with van der Waals surface area (Å²) in [5.41, 5.74) is -2.05. The first kappa shape index (κ1) is 32.6. The third-order valence-electron chi connectivity index (χ3n) is 9.55. The first-order valence-corrected chi connectivity index (χ1v) is 15.7. The number of amides is 2. The van der Waals surface area contributed by atoms with E-state index in [2.05, 4.69) is 18.1 Å². The molecule has 2 amide bonds. The van der Waals surface area contributed by atoms with Crippen LogP contribution >= 0.6 is 0 Å². The van der Waals surface area contributed by atoms with Gasteiger partial charge in [-0.15, -0.1) is 13.2 Å². The number of aliphatic hydroxyl groups excluding tert-OH is 1. The number of hydrogen-bond acceptors (Lipinski definition) is 8. The predicted octanol–water partition coefficient (Wildman–Crippen LogP) is 2.40. The quantitative estimate of drug-likeness (QED) is 0.166. The van der Waals surface area contributed by atoms with Gasteiger partial charge in [-0.3, -0.25) is 19.3 Å². The standard InChI is InChI=1S/C32H51N3O7/c1-6-8-9-10-18-41-30(39)26-25-28(37)35(24(22-36)21-23(3)4)27(32(25)12-11-31(26,5)42-32)29(38)34(13-7-2)15-14-33-16-19-40-20-17-33/h6-7,23-27,36H,1-2,8-22H2,3-5H3/t24-,25+,26-,27?,31+,32?/m1/s1. The second-order valence-electron chi connectivity index (χ2n) is 12.9. The van der Waals surface area contributed by atoms with Crippen LogP contribution in [-0.4, -0.2) is 120 Å². The number of hydrogen-bond donors (Lipinski definition) is 1. The summed E-state index contributed by atoms with van der Waals surface area (Å²) in [6.45, 7) is 17.9. The molecular formula is C32H51N3O7. The smallest absolute Gasteiger partial charge is 0.312 e. The number of carbonyl (C=O) groups excluding carboxylic acids is 3. The third-order valence-corrected chi connectivity index (χ3v) is 9.55. The van der Waals surface area contributed by atoms with Gasteiger partial charge in [0, 0.05) is 32.7 Å². The van der Waals surface area contributed by atoms with Crippen molar-refractivity contribution in [3.8, 4) is 0 Å². The maximum atomic E-state index is 14.6. The van der Waals surface area contributed by atoms with E-state index in [1.807, 2.05) is 26.8 Å². The summed E-state index contributed by atoms with van der Waals surface area (Å²) in [5.74, 6) is -2.42. The van der Waals surface area contributed by atoms with Gasteiger partial charge in [0.15, 0.2) is 0 Å². The van der Waals surface area contributed by atoms with Crippen molar-refractivity contribution in [3.63, 3.8) is 0 Å². The SMILES string of the molecule is C=CCCCCOC(=O)[C@H]1[C@H]2C(=O)N([C@@H](CO)CC(C)C)C(C(=O)N(CC=C)CCN3CCOCC3)C23CC[C@]1(C)O3. The Morgan fingerprint density at radius 2 is 1.93 bits per heavy atom. The fraction of sp³-hybridized carbons (Fsp3) is 0.781. The maximum absolute atomic E-state index is 14.6. The molecule has 4 heterocycles. The Morgan fingerprint density at radius 3 is 2.57 bits per heavy atom. The highest BCUT2D eigenvalue weighted by Crippen LogP contribution is 2.63. The van der Waals surface area contributed by atoms with Crippen LogP contribution < -0.4 is 0 Å². The van der Waals surface area contributed by atoms with E-state index in [0.717, 1.165) is 25.9 Å². The van der Waals surface area contributed by atoms with Crippen molar-refractivity contribution in [1.82, 2.24) is 14.7 Å². The van der Waals surface area contributed by atoms with Crippen molar-refractivity contribution in [1.29, 1.82) is 0 Å². The van der Waals surface area contributed by atoms with Crippen LogP contribution in [0.1, 0.15) is 59.3 Å². The molecule has 4 fully saturated rings. The predicted molar refractivity (Wildman–Crippen MR) is 158 cm³/mol. The summed E-state index contributed by atoms with van der Waals surface area (Å²) in [7, 11) is 0. The van der Waals surface area contributed by atoms with Crippen molar-refractivity contribution >= 4 is 17.8 Å². The maximum Gasteiger partial charge on any atom is 0.312 e. The van der Waals surface area contributed by atoms with Crippen LogP contribution in [0.15, 0.2) is 25.3 Å². The van der Waals surface area contributed by atoms with Gasteiger partial charge in [0.1, 0.15) is 17.6 Å². The van der Waals surface area contributed by atoms with Crippen LogP contribution in [0.3, 0.4) is 0 Å². The van der Waals surface area contributed by atoms with E-state index in [-0.39, 0.29) is 30.9 Å². The largest absolute Gasteiger partial charge is 0.465 e. The van der Waals surface area contributed by atoms with E-state index in [9.17, 15) is 19.5 Å². The number of rotatable bonds is 16. The van der Waals surface area contributed by atoms with E-state index in [0.29, 0.717) is 58.5 Å². The molecule has 1 spiro atoms. The van der Waals surface area contributed by atoms with Gasteiger partial charge >= 0.3 is 5.97 Å². The lowest BCUT2D eigenvalue weighted by Crippen LogP contribution is -2.59. The Labute approximate surface area is 251 Å². The molecule has 2 bridgehead atoms. The van der Waals surface area contributed by atoms with Crippen LogP contribution in [0.2, 0.25) is 0 Å². The fourth-order valence-electron chi connectivity index (χ4n) is 7.57. The van der Waals surface area contributed by atoms with Crippen LogP contribution in [0, 0.1) is 17.8 Å². The Balaban J connectivity index is 1.65. The zero-order chi connectivity index (χ0) is 30.5. The molecule has 0 aromatic heterocycles. The highest BCUT2D eigenvalue weighted by Gasteiger charge is 2.79. The minimum atomic E-state index is -1.15. The molecule has 1 N–H and O–H groups in total. The van der Waals surface area contributed by atoms with Gasteiger partial charge in [-0.25, -0.2) is 0 Å². The minimum Gasteiger partial charge on any atom is -0.465 e. The minimum absolute atomic E-state index is 0.181. The monoisotopic (exact) mass is 589 g/mol. The Hall–Kier alpha value is -2.27. The van der Waals surface area contributed by atoms with Gasteiger partial charge in [0.05, 0.1) is 44.0 Å². The molecule has 10 heteroatoms. The van der Waals surface area contributed by atoms with Gasteiger partial charge in [0.2, 0.25) is 11.8 Å². The summed E-state index contributed by atoms with van der Waals surface area (Å²) >= 11 is 0. The number of fused-ring (bicyclic) bond motifs is 1. The van der Waals surface area contributed by atoms with Gasteiger partial charge < -0.3 is 29.1 Å². The molecule has 0 aromatic rings. The number of nitrogens with zero attached hydrogens (tertiary/aromatic N) is 3. The number of esters is 1. The number of morpholine rings is 1. The Bertz CT molecular complexity index is 999. The molecule has 42 heavy (non-hydrogen) atoms. The van der Waals surface area contributed by atoms with E-state index < -0.39 is 41.1 Å². The van der Waals surface area contributed by atoms with Crippen LogP contribution in [0.25, 0.3) is 0 Å². The zero-order valence-electron chi connectivity index (χ0n) is 25.8. The number of allylic oxidation sites excluding steroid dienone is 1. The van der Waals surface area contributed by atoms with E-state index in [1.54, 1.807) is 15.9 Å². The summed E-state index contributed by atoms with van der Waals surface area (Å²) < 4.78 is 17.9. The Morgan fingerprint density at radius 1 is 1.19 bits per heavy atom. The van der Waals surface area contributed by atoms with Crippen molar-refractivity contribution in [3.05, 3.63) is 25.3 Å². The topological polar surface area (TPSA) is 109 Å². The average Bonchev–Trinajstić information content (AvgIpc) is 3.54. The zero-order valence-corrected chi connectivity index (χ0v) is 25.8. The summed E-state index contributed by atoms with van der Waals surface area (Å²) in [6.07, 6.45) is 7.52. The molecule has 2 unspecified atom stereocenters. The first-order chi connectivity index (χ1) is 20.1. The molecule has 4 rings (SSSR count). The van der Waals surface area contributed by atoms with Gasteiger partial charge in [-0.1, -0.05) is 26.0 Å². The van der Waals surface area contributed by atoms with Gasteiger partial charge in [0.25, 0.3) is 0 Å². The molecule has 6 atom stereocenters. The fourth-order valence-corrected chi connectivity index (χ4v) is 7.57. The molecular weight excluding hydrogens is 538 g/mol. The molecule has 236 valence electrons. The number of aliphatic hydroxyl groups is 1. The van der Waals surface area contributed by atoms with Crippen molar-refractivity contribution in [2.45, 2.75) is 82.6 Å². The molecule has 4 saturated heterocycles. The summed E-state index contributed by atoms with van der Waals surface area (Å²) in [5, 5.41) is 10.5. The third kappa shape index (κ3) is 6.32. The summed E-state index contributed by atoms with van der Waals surface area (Å²) in [6, 6.07) is -1.51. The summed E-state index contributed by atoms with van der Waals surface area (Å²) in [4.78, 5) is 48.2. The molecule has 0 saturated carbocycles. The number of likely N-dealkylation sites (tertiary alicyclic amines) is 1. The van der Waals surface area contributed by atoms with Gasteiger partial charge in [-0.05, 0) is 51.4 Å². The molecule has 0 aromatic carbocycles. The average molecular weight is 590 g/mol. The second-order valence-corrected chi connectivity index (χ2v) is 12.9. The molecule has 0 aliphatic carbocycles. The number of carbonyl (C=O) groups is 3. The lowest BCUT2D eigenvalue weighted by Gasteiger charge is -2.40. The van der Waals surface area contributed by atoms with Crippen LogP contribution in [0.5, 0.6) is 0 Å².